The van der Waals surface area contributed by atoms with Gasteiger partial charge in [0, 0.05) is 24.6 Å². The van der Waals surface area contributed by atoms with E-state index >= 15 is 0 Å². The van der Waals surface area contributed by atoms with Crippen LogP contribution >= 0.6 is 0 Å². The minimum absolute atomic E-state index is 0.0700. The average molecular weight is 258 g/mol. The lowest BCUT2D eigenvalue weighted by Gasteiger charge is -2.44. The molecule has 1 amide bonds. The molecular weight excluding hydrogens is 239 g/mol. The normalized spacial score (nSPS) is 21.8. The second-order valence-electron chi connectivity index (χ2n) is 5.54. The number of hydrogen-bond acceptors (Lipinski definition) is 3. The molecule has 4 nitrogen and oxygen atoms in total. The summed E-state index contributed by atoms with van der Waals surface area (Å²) in [5.74, 6) is 0.0700. The minimum atomic E-state index is 0.0700. The Hall–Kier alpha value is -1.33. The van der Waals surface area contributed by atoms with Crippen LogP contribution in [-0.4, -0.2) is 45.1 Å². The summed E-state index contributed by atoms with van der Waals surface area (Å²) in [4.78, 5) is 14.3. The third-order valence-corrected chi connectivity index (χ3v) is 4.46. The van der Waals surface area contributed by atoms with Crippen LogP contribution in [0.2, 0.25) is 0 Å². The van der Waals surface area contributed by atoms with Gasteiger partial charge < -0.3 is 14.8 Å². The van der Waals surface area contributed by atoms with Crippen LogP contribution < -0.4 is 5.32 Å². The van der Waals surface area contributed by atoms with Crippen molar-refractivity contribution in [2.24, 2.45) is 0 Å². The Labute approximate surface area is 114 Å². The lowest BCUT2D eigenvalue weighted by atomic mass is 9.68. The van der Waals surface area contributed by atoms with Crippen molar-refractivity contribution in [3.63, 3.8) is 0 Å². The Morgan fingerprint density at radius 2 is 2.05 bits per heavy atom. The molecule has 0 atom stereocenters. The molecule has 1 spiro atoms. The number of carbonyl (C=O) groups is 1. The highest BCUT2D eigenvalue weighted by Crippen LogP contribution is 2.38. The Morgan fingerprint density at radius 3 is 2.79 bits per heavy atom. The fourth-order valence-electron chi connectivity index (χ4n) is 3.32. The van der Waals surface area contributed by atoms with E-state index in [4.69, 9.17) is 4.65 Å². The van der Waals surface area contributed by atoms with Gasteiger partial charge in [-0.05, 0) is 37.6 Å². The van der Waals surface area contributed by atoms with Crippen LogP contribution in [0.3, 0.4) is 0 Å². The zero-order valence-corrected chi connectivity index (χ0v) is 11.3. The highest BCUT2D eigenvalue weighted by atomic mass is 16.4. The molecule has 2 aliphatic rings. The maximum Gasteiger partial charge on any atom is 0.363 e. The third-order valence-electron chi connectivity index (χ3n) is 4.46. The van der Waals surface area contributed by atoms with E-state index in [9.17, 15) is 4.79 Å². The van der Waals surface area contributed by atoms with Gasteiger partial charge in [-0.3, -0.25) is 4.79 Å². The quantitative estimate of drug-likeness (QED) is 0.793. The molecule has 0 unspecified atom stereocenters. The van der Waals surface area contributed by atoms with Crippen molar-refractivity contribution in [1.82, 2.24) is 10.1 Å². The van der Waals surface area contributed by atoms with Gasteiger partial charge >= 0.3 is 7.62 Å². The summed E-state index contributed by atoms with van der Waals surface area (Å²) in [5.41, 5.74) is 2.21. The van der Waals surface area contributed by atoms with Crippen LogP contribution in [0.1, 0.15) is 28.8 Å². The van der Waals surface area contributed by atoms with Gasteiger partial charge in [0.15, 0.2) is 0 Å². The van der Waals surface area contributed by atoms with Gasteiger partial charge in [0.25, 0.3) is 5.91 Å². The average Bonchev–Trinajstić information content (AvgIpc) is 2.46. The van der Waals surface area contributed by atoms with Crippen molar-refractivity contribution in [2.75, 3.05) is 26.7 Å². The molecule has 0 radical (unpaired) electrons. The second kappa shape index (κ2) is 4.98. The molecule has 1 fully saturated rings. The summed E-state index contributed by atoms with van der Waals surface area (Å²) in [6.45, 7) is 2.82. The maximum absolute atomic E-state index is 11.9. The standard InChI is InChI=1S/C14H19BN2O2/c1-19-15-17-8-6-14(7-9-17)10-16-13(18)11-4-2-3-5-12(11)14/h2-5,15H,6-10H2,1H3,(H,16,18). The van der Waals surface area contributed by atoms with Gasteiger partial charge in [0.1, 0.15) is 0 Å². The van der Waals surface area contributed by atoms with Crippen LogP contribution in [-0.2, 0) is 10.1 Å². The number of hydrogen-bond donors (Lipinski definition) is 1. The molecule has 1 saturated heterocycles. The molecule has 2 heterocycles. The Morgan fingerprint density at radius 1 is 1.32 bits per heavy atom. The smallest absolute Gasteiger partial charge is 0.363 e. The number of benzene rings is 1. The van der Waals surface area contributed by atoms with E-state index in [0.29, 0.717) is 7.62 Å². The van der Waals surface area contributed by atoms with Gasteiger partial charge in [-0.25, -0.2) is 0 Å². The molecule has 1 aromatic carbocycles. The zero-order chi connectivity index (χ0) is 13.3. The monoisotopic (exact) mass is 258 g/mol. The van der Waals surface area contributed by atoms with Gasteiger partial charge in [0.05, 0.1) is 0 Å². The summed E-state index contributed by atoms with van der Waals surface area (Å²) in [6, 6.07) is 8.05. The first-order valence-corrected chi connectivity index (χ1v) is 6.84. The molecule has 1 N–H and O–H groups in total. The molecule has 0 saturated carbocycles. The van der Waals surface area contributed by atoms with Crippen molar-refractivity contribution in [3.8, 4) is 0 Å². The number of carbonyl (C=O) groups excluding carboxylic acids is 1. The van der Waals surface area contributed by atoms with Crippen LogP contribution in [0, 0.1) is 0 Å². The molecule has 1 aromatic rings. The molecule has 0 bridgehead atoms. The number of fused-ring (bicyclic) bond motifs is 2. The number of amides is 1. The zero-order valence-electron chi connectivity index (χ0n) is 11.3. The summed E-state index contributed by atoms with van der Waals surface area (Å²) >= 11 is 0. The maximum atomic E-state index is 11.9. The Kier molecular flexibility index (Phi) is 3.33. The van der Waals surface area contributed by atoms with Crippen LogP contribution in [0.5, 0.6) is 0 Å². The molecular formula is C14H19BN2O2. The number of rotatable bonds is 2. The molecule has 0 aromatic heterocycles. The summed E-state index contributed by atoms with van der Waals surface area (Å²) in [6.07, 6.45) is 2.15. The van der Waals surface area contributed by atoms with E-state index < -0.39 is 0 Å². The highest BCUT2D eigenvalue weighted by Gasteiger charge is 2.41. The molecule has 5 heteroatoms. The van der Waals surface area contributed by atoms with Crippen molar-refractivity contribution in [1.29, 1.82) is 0 Å². The van der Waals surface area contributed by atoms with Gasteiger partial charge in [-0.2, -0.15) is 0 Å². The summed E-state index contributed by atoms with van der Waals surface area (Å²) in [5, 5.41) is 3.06. The van der Waals surface area contributed by atoms with E-state index in [2.05, 4.69) is 16.2 Å². The molecule has 2 aliphatic heterocycles. The molecule has 100 valence electrons. The van der Waals surface area contributed by atoms with Crippen molar-refractivity contribution in [3.05, 3.63) is 35.4 Å². The number of nitrogens with zero attached hydrogens (tertiary/aromatic N) is 1. The number of nitrogens with one attached hydrogen (secondary N) is 1. The molecule has 3 rings (SSSR count). The predicted molar refractivity (Wildman–Crippen MR) is 75.4 cm³/mol. The van der Waals surface area contributed by atoms with E-state index in [0.717, 1.165) is 38.0 Å². The van der Waals surface area contributed by atoms with Crippen LogP contribution in [0.15, 0.2) is 24.3 Å². The molecule has 19 heavy (non-hydrogen) atoms. The van der Waals surface area contributed by atoms with Gasteiger partial charge in [-0.15, -0.1) is 0 Å². The first-order valence-electron chi connectivity index (χ1n) is 6.84. The SMILES string of the molecule is COBN1CCC2(CC1)CNC(=O)c1ccccc12. The lowest BCUT2D eigenvalue weighted by Crippen LogP contribution is -2.53. The van der Waals surface area contributed by atoms with E-state index in [1.54, 1.807) is 7.11 Å². The van der Waals surface area contributed by atoms with E-state index in [1.165, 1.54) is 5.56 Å². The summed E-state index contributed by atoms with van der Waals surface area (Å²) in [7, 11) is 2.44. The second-order valence-corrected chi connectivity index (χ2v) is 5.54. The lowest BCUT2D eigenvalue weighted by molar-refractivity contribution is 0.0903. The van der Waals surface area contributed by atoms with Crippen molar-refractivity contribution >= 4 is 13.5 Å². The minimum Gasteiger partial charge on any atom is -0.427 e. The molecule has 0 aliphatic carbocycles. The highest BCUT2D eigenvalue weighted by molar-refractivity contribution is 6.23. The summed E-state index contributed by atoms with van der Waals surface area (Å²) < 4.78 is 5.20. The van der Waals surface area contributed by atoms with E-state index in [-0.39, 0.29) is 11.3 Å². The third kappa shape index (κ3) is 2.17. The predicted octanol–water partition coefficient (Wildman–Crippen LogP) is 0.676. The Balaban J connectivity index is 1.87. The van der Waals surface area contributed by atoms with Crippen LogP contribution in [0.25, 0.3) is 0 Å². The fraction of sp³-hybridized carbons (Fsp3) is 0.500. The van der Waals surface area contributed by atoms with Crippen molar-refractivity contribution < 1.29 is 9.45 Å². The van der Waals surface area contributed by atoms with Crippen molar-refractivity contribution in [2.45, 2.75) is 18.3 Å². The topological polar surface area (TPSA) is 41.6 Å². The fourth-order valence-corrected chi connectivity index (χ4v) is 3.32. The first kappa shape index (κ1) is 12.7. The first-order chi connectivity index (χ1) is 9.25. The van der Waals surface area contributed by atoms with Gasteiger partial charge in [-0.1, -0.05) is 18.2 Å². The Bertz CT molecular complexity index is 484. The number of piperidine rings is 1. The largest absolute Gasteiger partial charge is 0.427 e. The van der Waals surface area contributed by atoms with E-state index in [1.807, 2.05) is 18.2 Å². The van der Waals surface area contributed by atoms with Crippen LogP contribution in [0.4, 0.5) is 0 Å². The van der Waals surface area contributed by atoms with Gasteiger partial charge in [0.2, 0.25) is 0 Å².